The zero-order valence-electron chi connectivity index (χ0n) is 12.0. The Morgan fingerprint density at radius 3 is 2.74 bits per heavy atom. The van der Waals surface area contributed by atoms with E-state index in [9.17, 15) is 9.59 Å². The molecule has 1 amide bonds. The minimum atomic E-state index is -0.341. The quantitative estimate of drug-likeness (QED) is 0.531. The Morgan fingerprint density at radius 2 is 1.83 bits per heavy atom. The van der Waals surface area contributed by atoms with E-state index in [0.29, 0.717) is 22.3 Å². The van der Waals surface area contributed by atoms with Crippen LogP contribution in [0.25, 0.3) is 21.9 Å². The second-order valence-corrected chi connectivity index (χ2v) is 5.14. The number of aromatic nitrogens is 3. The molecule has 0 radical (unpaired) electrons. The molecule has 0 saturated heterocycles. The molecular weight excluding hydrogens is 292 g/mol. The van der Waals surface area contributed by atoms with Gasteiger partial charge in [-0.25, -0.2) is 4.79 Å². The Balaban J connectivity index is 1.78. The average Bonchev–Trinajstić information content (AvgIpc) is 2.95. The number of carbonyl (C=O) groups excluding carboxylic acids is 1. The molecule has 4 rings (SSSR count). The second-order valence-electron chi connectivity index (χ2n) is 5.14. The highest BCUT2D eigenvalue weighted by Gasteiger charge is 2.13. The third-order valence-electron chi connectivity index (χ3n) is 3.68. The Kier molecular flexibility index (Phi) is 2.94. The molecule has 6 heteroatoms. The zero-order chi connectivity index (χ0) is 15.8. The van der Waals surface area contributed by atoms with Crippen LogP contribution in [0.4, 0.5) is 5.69 Å². The fourth-order valence-electron chi connectivity index (χ4n) is 2.64. The number of pyridine rings is 1. The van der Waals surface area contributed by atoms with Crippen LogP contribution in [0, 0.1) is 0 Å². The van der Waals surface area contributed by atoms with Gasteiger partial charge in [-0.1, -0.05) is 24.3 Å². The lowest BCUT2D eigenvalue weighted by Gasteiger charge is -2.08. The number of hydrogen-bond donors (Lipinski definition) is 3. The number of imidazole rings is 1. The number of rotatable bonds is 2. The Morgan fingerprint density at radius 1 is 1.00 bits per heavy atom. The smallest absolute Gasteiger partial charge is 0.320 e. The van der Waals surface area contributed by atoms with E-state index in [1.807, 2.05) is 24.3 Å². The molecule has 3 N–H and O–H groups in total. The fraction of sp³-hybridized carbons (Fsp3) is 0. The van der Waals surface area contributed by atoms with Crippen LogP contribution >= 0.6 is 0 Å². The van der Waals surface area contributed by atoms with Crippen molar-refractivity contribution in [1.82, 2.24) is 15.0 Å². The van der Waals surface area contributed by atoms with Gasteiger partial charge >= 0.3 is 5.69 Å². The molecule has 23 heavy (non-hydrogen) atoms. The van der Waals surface area contributed by atoms with Crippen molar-refractivity contribution in [2.24, 2.45) is 0 Å². The number of aromatic amines is 2. The van der Waals surface area contributed by atoms with E-state index in [0.717, 1.165) is 10.9 Å². The number of nitrogens with zero attached hydrogens (tertiary/aromatic N) is 1. The number of hydrogen-bond acceptors (Lipinski definition) is 3. The first-order valence-corrected chi connectivity index (χ1v) is 7.08. The molecule has 0 aliphatic rings. The molecule has 2 aromatic carbocycles. The average molecular weight is 304 g/mol. The summed E-state index contributed by atoms with van der Waals surface area (Å²) in [5, 5.41) is 3.81. The molecule has 0 saturated carbocycles. The number of H-pyrrole nitrogens is 2. The van der Waals surface area contributed by atoms with E-state index in [4.69, 9.17) is 0 Å². The molecule has 0 unspecified atom stereocenters. The molecule has 0 bridgehead atoms. The Labute approximate surface area is 130 Å². The predicted octanol–water partition coefficient (Wildman–Crippen LogP) is 2.66. The van der Waals surface area contributed by atoms with Gasteiger partial charge in [0, 0.05) is 11.6 Å². The van der Waals surface area contributed by atoms with Crippen LogP contribution < -0.4 is 11.0 Å². The van der Waals surface area contributed by atoms with E-state index >= 15 is 0 Å². The summed E-state index contributed by atoms with van der Waals surface area (Å²) in [5.41, 5.74) is 2.49. The summed E-state index contributed by atoms with van der Waals surface area (Å²) in [7, 11) is 0. The number of fused-ring (bicyclic) bond motifs is 2. The number of amides is 1. The first kappa shape index (κ1) is 13.3. The summed E-state index contributed by atoms with van der Waals surface area (Å²) in [6.45, 7) is 0. The first-order valence-electron chi connectivity index (χ1n) is 7.08. The second kappa shape index (κ2) is 5.10. The van der Waals surface area contributed by atoms with Gasteiger partial charge in [-0.3, -0.25) is 9.78 Å². The Hall–Kier alpha value is -3.41. The summed E-state index contributed by atoms with van der Waals surface area (Å²) in [6, 6.07) is 14.5. The molecule has 2 aromatic heterocycles. The van der Waals surface area contributed by atoms with E-state index in [2.05, 4.69) is 20.3 Å². The standard InChI is InChI=1S/C17H12N4O2/c22-16(11-6-2-8-13-15(11)21-17(23)20-13)19-12-7-1-4-10-5-3-9-18-14(10)12/h1-9H,(H,19,22)(H2,20,21,23). The third-order valence-corrected chi connectivity index (χ3v) is 3.68. The SMILES string of the molecule is O=C(Nc1cccc2cccnc12)c1cccc2[nH]c(=O)[nH]c12. The van der Waals surface area contributed by atoms with Crippen LogP contribution in [0.5, 0.6) is 0 Å². The van der Waals surface area contributed by atoms with Crippen molar-refractivity contribution in [3.63, 3.8) is 0 Å². The van der Waals surface area contributed by atoms with Crippen LogP contribution in [0.15, 0.2) is 59.5 Å². The van der Waals surface area contributed by atoms with Crippen molar-refractivity contribution in [2.75, 3.05) is 5.32 Å². The summed E-state index contributed by atoms with van der Waals surface area (Å²) in [6.07, 6.45) is 1.68. The third kappa shape index (κ3) is 2.26. The van der Waals surface area contributed by atoms with Crippen molar-refractivity contribution in [3.8, 4) is 0 Å². The van der Waals surface area contributed by atoms with Gasteiger partial charge < -0.3 is 15.3 Å². The highest BCUT2D eigenvalue weighted by molar-refractivity contribution is 6.13. The zero-order valence-corrected chi connectivity index (χ0v) is 12.0. The summed E-state index contributed by atoms with van der Waals surface area (Å²) in [5.74, 6) is -0.302. The van der Waals surface area contributed by atoms with Crippen molar-refractivity contribution < 1.29 is 4.79 Å². The maximum absolute atomic E-state index is 12.6. The highest BCUT2D eigenvalue weighted by atomic mass is 16.2. The van der Waals surface area contributed by atoms with Crippen molar-refractivity contribution in [1.29, 1.82) is 0 Å². The molecule has 0 atom stereocenters. The molecule has 0 spiro atoms. The van der Waals surface area contributed by atoms with Crippen LogP contribution in [-0.4, -0.2) is 20.9 Å². The molecule has 0 aliphatic heterocycles. The molecule has 0 fully saturated rings. The number of para-hydroxylation sites is 2. The number of anilines is 1. The van der Waals surface area contributed by atoms with Gasteiger partial charge in [0.05, 0.1) is 27.8 Å². The predicted molar refractivity (Wildman–Crippen MR) is 88.6 cm³/mol. The Bertz CT molecular complexity index is 1090. The molecule has 0 aliphatic carbocycles. The summed E-state index contributed by atoms with van der Waals surface area (Å²) >= 11 is 0. The van der Waals surface area contributed by atoms with E-state index in [-0.39, 0.29) is 11.6 Å². The van der Waals surface area contributed by atoms with Crippen molar-refractivity contribution >= 4 is 33.5 Å². The van der Waals surface area contributed by atoms with Gasteiger partial charge in [0.25, 0.3) is 5.91 Å². The lowest BCUT2D eigenvalue weighted by atomic mass is 10.1. The summed E-state index contributed by atoms with van der Waals surface area (Å²) in [4.78, 5) is 33.7. The topological polar surface area (TPSA) is 90.6 Å². The molecular formula is C17H12N4O2. The monoisotopic (exact) mass is 304 g/mol. The van der Waals surface area contributed by atoms with Crippen molar-refractivity contribution in [3.05, 3.63) is 70.8 Å². The highest BCUT2D eigenvalue weighted by Crippen LogP contribution is 2.22. The van der Waals surface area contributed by atoms with Crippen molar-refractivity contribution in [2.45, 2.75) is 0 Å². The van der Waals surface area contributed by atoms with Gasteiger partial charge in [-0.05, 0) is 24.3 Å². The number of nitrogens with one attached hydrogen (secondary N) is 3. The normalized spacial score (nSPS) is 11.0. The van der Waals surface area contributed by atoms with Crippen LogP contribution in [0.2, 0.25) is 0 Å². The molecule has 4 aromatic rings. The molecule has 112 valence electrons. The van der Waals surface area contributed by atoms with Gasteiger partial charge in [0.2, 0.25) is 0 Å². The number of carbonyl (C=O) groups is 1. The lowest BCUT2D eigenvalue weighted by Crippen LogP contribution is -2.13. The van der Waals surface area contributed by atoms with Gasteiger partial charge in [-0.15, -0.1) is 0 Å². The molecule has 6 nitrogen and oxygen atoms in total. The first-order chi connectivity index (χ1) is 11.2. The van der Waals surface area contributed by atoms with Crippen LogP contribution in [-0.2, 0) is 0 Å². The fourth-order valence-corrected chi connectivity index (χ4v) is 2.64. The van der Waals surface area contributed by atoms with Gasteiger partial charge in [0.15, 0.2) is 0 Å². The van der Waals surface area contributed by atoms with E-state index in [1.165, 1.54) is 0 Å². The van der Waals surface area contributed by atoms with Gasteiger partial charge in [0.1, 0.15) is 0 Å². The minimum absolute atomic E-state index is 0.302. The maximum atomic E-state index is 12.6. The van der Waals surface area contributed by atoms with Crippen LogP contribution in [0.1, 0.15) is 10.4 Å². The summed E-state index contributed by atoms with van der Waals surface area (Å²) < 4.78 is 0. The largest absolute Gasteiger partial charge is 0.323 e. The van der Waals surface area contributed by atoms with Gasteiger partial charge in [-0.2, -0.15) is 0 Å². The van der Waals surface area contributed by atoms with E-state index in [1.54, 1.807) is 30.5 Å². The maximum Gasteiger partial charge on any atom is 0.323 e. The number of benzene rings is 2. The van der Waals surface area contributed by atoms with Crippen LogP contribution in [0.3, 0.4) is 0 Å². The van der Waals surface area contributed by atoms with E-state index < -0.39 is 0 Å². The molecule has 2 heterocycles. The minimum Gasteiger partial charge on any atom is -0.320 e. The lowest BCUT2D eigenvalue weighted by molar-refractivity contribution is 0.102.